The summed E-state index contributed by atoms with van der Waals surface area (Å²) in [6.45, 7) is 6.20. The highest BCUT2D eigenvalue weighted by atomic mass is 35.5. The maximum Gasteiger partial charge on any atom is 0.416 e. The number of nitrogens with one attached hydrogen (secondary N) is 1. The van der Waals surface area contributed by atoms with Crippen LogP contribution in [-0.2, 0) is 11.0 Å². The standard InChI is InChI=1S/C22H26ClF4N5O/c1-21(2,3)10-15(18(28)33)31-19-17(24)20(30-11-29-19)32-8-4-5-16(32)13-7-6-12(9-14(13)23)22(25,26)27/h6-7,9,11,15-16H,4-5,8,10H2,1-3H3,(H2,28,33)(H,29,30,31)/t15-,16?/m1/s1. The average Bonchev–Trinajstić information content (AvgIpc) is 3.16. The Morgan fingerprint density at radius 2 is 2.00 bits per heavy atom. The summed E-state index contributed by atoms with van der Waals surface area (Å²) < 4.78 is 54.4. The lowest BCUT2D eigenvalue weighted by Crippen LogP contribution is -2.39. The van der Waals surface area contributed by atoms with Gasteiger partial charge in [-0.05, 0) is 42.4 Å². The van der Waals surface area contributed by atoms with Crippen molar-refractivity contribution in [3.63, 3.8) is 0 Å². The van der Waals surface area contributed by atoms with Crippen LogP contribution in [-0.4, -0.2) is 28.5 Å². The highest BCUT2D eigenvalue weighted by molar-refractivity contribution is 6.31. The molecule has 1 aromatic heterocycles. The minimum Gasteiger partial charge on any atom is -0.368 e. The topological polar surface area (TPSA) is 84.1 Å². The molecule has 11 heteroatoms. The van der Waals surface area contributed by atoms with Gasteiger partial charge in [0.15, 0.2) is 11.6 Å². The number of alkyl halides is 3. The molecule has 3 N–H and O–H groups in total. The fourth-order valence-electron chi connectivity index (χ4n) is 3.98. The molecule has 2 atom stereocenters. The van der Waals surface area contributed by atoms with Crippen LogP contribution < -0.4 is 16.0 Å². The molecule has 0 aliphatic carbocycles. The van der Waals surface area contributed by atoms with E-state index in [1.807, 2.05) is 20.8 Å². The molecule has 0 bridgehead atoms. The predicted molar refractivity (Wildman–Crippen MR) is 118 cm³/mol. The normalized spacial score (nSPS) is 17.8. The summed E-state index contributed by atoms with van der Waals surface area (Å²) in [5, 5.41) is 2.73. The summed E-state index contributed by atoms with van der Waals surface area (Å²) in [4.78, 5) is 21.6. The van der Waals surface area contributed by atoms with Crippen LogP contribution in [0.15, 0.2) is 24.5 Å². The molecular formula is C22H26ClF4N5O. The van der Waals surface area contributed by atoms with E-state index < -0.39 is 35.5 Å². The molecule has 33 heavy (non-hydrogen) atoms. The molecule has 0 radical (unpaired) electrons. The van der Waals surface area contributed by atoms with E-state index in [-0.39, 0.29) is 22.1 Å². The predicted octanol–water partition coefficient (Wildman–Crippen LogP) is 5.33. The van der Waals surface area contributed by atoms with E-state index in [0.717, 1.165) is 12.1 Å². The molecule has 6 nitrogen and oxygen atoms in total. The molecule has 0 spiro atoms. The molecule has 2 aromatic rings. The number of halogens is 5. The average molecular weight is 488 g/mol. The lowest BCUT2D eigenvalue weighted by molar-refractivity contribution is -0.137. The van der Waals surface area contributed by atoms with Crippen molar-refractivity contribution in [2.75, 3.05) is 16.8 Å². The Morgan fingerprint density at radius 1 is 1.30 bits per heavy atom. The minimum absolute atomic E-state index is 0.0232. The molecule has 0 saturated carbocycles. The van der Waals surface area contributed by atoms with E-state index in [4.69, 9.17) is 17.3 Å². The van der Waals surface area contributed by atoms with E-state index in [9.17, 15) is 18.0 Å². The lowest BCUT2D eigenvalue weighted by atomic mass is 9.88. The number of primary amides is 1. The molecule has 1 unspecified atom stereocenters. The Kier molecular flexibility index (Phi) is 7.07. The number of nitrogens with zero attached hydrogens (tertiary/aromatic N) is 3. The number of hydrogen-bond acceptors (Lipinski definition) is 5. The van der Waals surface area contributed by atoms with Crippen LogP contribution in [0.4, 0.5) is 29.2 Å². The number of aromatic nitrogens is 2. The highest BCUT2D eigenvalue weighted by Gasteiger charge is 2.35. The second-order valence-corrected chi connectivity index (χ2v) is 9.72. The van der Waals surface area contributed by atoms with E-state index in [1.54, 1.807) is 4.90 Å². The Morgan fingerprint density at radius 3 is 2.58 bits per heavy atom. The minimum atomic E-state index is -4.51. The van der Waals surface area contributed by atoms with Crippen molar-refractivity contribution in [3.8, 4) is 0 Å². The van der Waals surface area contributed by atoms with Gasteiger partial charge >= 0.3 is 6.18 Å². The van der Waals surface area contributed by atoms with Gasteiger partial charge in [0, 0.05) is 11.6 Å². The first kappa shape index (κ1) is 25.0. The number of rotatable bonds is 6. The maximum atomic E-state index is 15.4. The zero-order valence-corrected chi connectivity index (χ0v) is 19.3. The van der Waals surface area contributed by atoms with Gasteiger partial charge < -0.3 is 16.0 Å². The van der Waals surface area contributed by atoms with Crippen molar-refractivity contribution in [3.05, 3.63) is 46.5 Å². The molecule has 2 heterocycles. The number of anilines is 2. The van der Waals surface area contributed by atoms with Gasteiger partial charge in [-0.15, -0.1) is 0 Å². The summed E-state index contributed by atoms with van der Waals surface area (Å²) in [5.74, 6) is -1.60. The fourth-order valence-corrected chi connectivity index (χ4v) is 4.29. The van der Waals surface area contributed by atoms with Crippen molar-refractivity contribution in [1.82, 2.24) is 9.97 Å². The molecule has 3 rings (SSSR count). The first-order chi connectivity index (χ1) is 15.3. The summed E-state index contributed by atoms with van der Waals surface area (Å²) in [7, 11) is 0. The van der Waals surface area contributed by atoms with Crippen LogP contribution in [0.2, 0.25) is 5.02 Å². The zero-order valence-electron chi connectivity index (χ0n) is 18.5. The second-order valence-electron chi connectivity index (χ2n) is 9.31. The maximum absolute atomic E-state index is 15.4. The smallest absolute Gasteiger partial charge is 0.368 e. The molecule has 1 saturated heterocycles. The number of benzene rings is 1. The number of amides is 1. The highest BCUT2D eigenvalue weighted by Crippen LogP contribution is 2.41. The fraction of sp³-hybridized carbons (Fsp3) is 0.500. The molecule has 180 valence electrons. The van der Waals surface area contributed by atoms with Crippen LogP contribution in [0.25, 0.3) is 0 Å². The van der Waals surface area contributed by atoms with Gasteiger partial charge in [0.1, 0.15) is 12.4 Å². The number of carbonyl (C=O) groups excluding carboxylic acids is 1. The zero-order chi connectivity index (χ0) is 24.6. The van der Waals surface area contributed by atoms with Crippen LogP contribution in [0.5, 0.6) is 0 Å². The molecular weight excluding hydrogens is 462 g/mol. The number of nitrogens with two attached hydrogens (primary N) is 1. The Labute approximate surface area is 194 Å². The van der Waals surface area contributed by atoms with Gasteiger partial charge in [0.05, 0.1) is 11.6 Å². The van der Waals surface area contributed by atoms with E-state index in [2.05, 4.69) is 15.3 Å². The van der Waals surface area contributed by atoms with Crippen molar-refractivity contribution in [2.24, 2.45) is 11.1 Å². The van der Waals surface area contributed by atoms with E-state index >= 15 is 4.39 Å². The summed E-state index contributed by atoms with van der Waals surface area (Å²) in [5.41, 5.74) is 4.84. The molecule has 1 fully saturated rings. The Hall–Kier alpha value is -2.62. The second kappa shape index (κ2) is 9.32. The SMILES string of the molecule is CC(C)(C)C[C@@H](Nc1ncnc(N2CCCC2c2ccc(C(F)(F)F)cc2Cl)c1F)C(N)=O. The van der Waals surface area contributed by atoms with Gasteiger partial charge in [-0.25, -0.2) is 9.97 Å². The quantitative estimate of drug-likeness (QED) is 0.538. The molecule has 1 aromatic carbocycles. The summed E-state index contributed by atoms with van der Waals surface area (Å²) in [6.07, 6.45) is -1.76. The summed E-state index contributed by atoms with van der Waals surface area (Å²) in [6, 6.07) is 1.85. The van der Waals surface area contributed by atoms with Crippen molar-refractivity contribution >= 4 is 29.1 Å². The number of hydrogen-bond donors (Lipinski definition) is 2. The third-order valence-corrected chi connectivity index (χ3v) is 5.78. The van der Waals surface area contributed by atoms with Crippen LogP contribution in [0.3, 0.4) is 0 Å². The number of carbonyl (C=O) groups is 1. The van der Waals surface area contributed by atoms with Crippen molar-refractivity contribution in [1.29, 1.82) is 0 Å². The van der Waals surface area contributed by atoms with Gasteiger partial charge in [0.25, 0.3) is 0 Å². The van der Waals surface area contributed by atoms with Gasteiger partial charge in [-0.1, -0.05) is 38.4 Å². The first-order valence-electron chi connectivity index (χ1n) is 10.5. The van der Waals surface area contributed by atoms with E-state index in [1.165, 1.54) is 12.4 Å². The van der Waals surface area contributed by atoms with Gasteiger partial charge in [-0.2, -0.15) is 17.6 Å². The monoisotopic (exact) mass is 487 g/mol. The third kappa shape index (κ3) is 5.85. The van der Waals surface area contributed by atoms with E-state index in [0.29, 0.717) is 31.4 Å². The van der Waals surface area contributed by atoms with Crippen molar-refractivity contribution in [2.45, 2.75) is 58.3 Å². The Bertz CT molecular complexity index is 1020. The van der Waals surface area contributed by atoms with Gasteiger partial charge in [-0.3, -0.25) is 4.79 Å². The summed E-state index contributed by atoms with van der Waals surface area (Å²) >= 11 is 6.19. The molecule has 1 aliphatic rings. The Balaban J connectivity index is 1.91. The largest absolute Gasteiger partial charge is 0.416 e. The van der Waals surface area contributed by atoms with Crippen LogP contribution in [0, 0.1) is 11.2 Å². The van der Waals surface area contributed by atoms with Crippen molar-refractivity contribution < 1.29 is 22.4 Å². The third-order valence-electron chi connectivity index (χ3n) is 5.45. The molecule has 1 aliphatic heterocycles. The lowest BCUT2D eigenvalue weighted by Gasteiger charge is -2.28. The van der Waals surface area contributed by atoms with Gasteiger partial charge in [0.2, 0.25) is 11.7 Å². The molecule has 1 amide bonds. The van der Waals surface area contributed by atoms with Crippen LogP contribution in [0.1, 0.15) is 57.2 Å². The first-order valence-corrected chi connectivity index (χ1v) is 10.9. The van der Waals surface area contributed by atoms with Crippen LogP contribution >= 0.6 is 11.6 Å².